The fraction of sp³-hybridized carbons (Fsp3) is 0.143. The summed E-state index contributed by atoms with van der Waals surface area (Å²) in [7, 11) is 1.66. The lowest BCUT2D eigenvalue weighted by Gasteiger charge is -2.11. The first-order valence-corrected chi connectivity index (χ1v) is 9.61. The summed E-state index contributed by atoms with van der Waals surface area (Å²) in [5, 5.41) is 11.5. The van der Waals surface area contributed by atoms with Gasteiger partial charge in [-0.2, -0.15) is 0 Å². The molecular formula is C21H19N3O2S. The Morgan fingerprint density at radius 3 is 2.67 bits per heavy atom. The van der Waals surface area contributed by atoms with Crippen LogP contribution in [0.2, 0.25) is 0 Å². The van der Waals surface area contributed by atoms with Crippen LogP contribution < -0.4 is 9.47 Å². The molecule has 0 fully saturated rings. The van der Waals surface area contributed by atoms with Gasteiger partial charge in [-0.25, -0.2) is 0 Å². The highest BCUT2D eigenvalue weighted by molar-refractivity contribution is 7.99. The molecule has 5 nitrogen and oxygen atoms in total. The van der Waals surface area contributed by atoms with Gasteiger partial charge in [0.1, 0.15) is 17.8 Å². The zero-order chi connectivity index (χ0) is 18.5. The summed E-state index contributed by atoms with van der Waals surface area (Å²) >= 11 is 1.60. The molecule has 0 amide bonds. The highest BCUT2D eigenvalue weighted by Crippen LogP contribution is 2.27. The van der Waals surface area contributed by atoms with E-state index in [1.165, 1.54) is 10.8 Å². The summed E-state index contributed by atoms with van der Waals surface area (Å²) in [5.74, 6) is 2.42. The van der Waals surface area contributed by atoms with E-state index in [2.05, 4.69) is 34.5 Å². The van der Waals surface area contributed by atoms with Gasteiger partial charge in [0.15, 0.2) is 5.16 Å². The number of para-hydroxylation sites is 2. The van der Waals surface area contributed by atoms with Crippen LogP contribution in [0.5, 0.6) is 11.5 Å². The SMILES string of the molecule is COc1ccccc1-n1cnnc1SCCOc1ccc2ccccc2c1. The van der Waals surface area contributed by atoms with Gasteiger partial charge in [0.25, 0.3) is 0 Å². The van der Waals surface area contributed by atoms with Crippen LogP contribution in [0.15, 0.2) is 78.2 Å². The van der Waals surface area contributed by atoms with Crippen molar-refractivity contribution in [1.82, 2.24) is 14.8 Å². The van der Waals surface area contributed by atoms with E-state index in [1.54, 1.807) is 25.2 Å². The van der Waals surface area contributed by atoms with Crippen molar-refractivity contribution >= 4 is 22.5 Å². The zero-order valence-corrected chi connectivity index (χ0v) is 15.7. The van der Waals surface area contributed by atoms with Crippen LogP contribution in [0.4, 0.5) is 0 Å². The third kappa shape index (κ3) is 3.90. The maximum Gasteiger partial charge on any atom is 0.195 e. The second kappa shape index (κ2) is 8.14. The number of aromatic nitrogens is 3. The molecule has 4 rings (SSSR count). The van der Waals surface area contributed by atoms with Gasteiger partial charge in [-0.1, -0.05) is 54.2 Å². The van der Waals surface area contributed by atoms with E-state index < -0.39 is 0 Å². The molecule has 0 atom stereocenters. The van der Waals surface area contributed by atoms with Crippen molar-refractivity contribution in [1.29, 1.82) is 0 Å². The maximum absolute atomic E-state index is 5.90. The lowest BCUT2D eigenvalue weighted by molar-refractivity contribution is 0.344. The van der Waals surface area contributed by atoms with Crippen LogP contribution in [-0.2, 0) is 0 Å². The van der Waals surface area contributed by atoms with Gasteiger partial charge in [0, 0.05) is 5.75 Å². The van der Waals surface area contributed by atoms with E-state index in [1.807, 2.05) is 47.0 Å². The van der Waals surface area contributed by atoms with Crippen molar-refractivity contribution in [3.63, 3.8) is 0 Å². The summed E-state index contributed by atoms with van der Waals surface area (Å²) in [6.07, 6.45) is 1.70. The topological polar surface area (TPSA) is 49.2 Å². The Bertz CT molecular complexity index is 1050. The number of hydrogen-bond acceptors (Lipinski definition) is 5. The second-order valence-corrected chi connectivity index (χ2v) is 6.92. The summed E-state index contributed by atoms with van der Waals surface area (Å²) in [5.41, 5.74) is 0.919. The summed E-state index contributed by atoms with van der Waals surface area (Å²) < 4.78 is 13.3. The van der Waals surface area contributed by atoms with E-state index in [-0.39, 0.29) is 0 Å². The Kier molecular flexibility index (Phi) is 5.25. The number of hydrogen-bond donors (Lipinski definition) is 0. The van der Waals surface area contributed by atoms with Crippen molar-refractivity contribution in [3.05, 3.63) is 73.1 Å². The predicted molar refractivity (Wildman–Crippen MR) is 108 cm³/mol. The molecule has 0 bridgehead atoms. The van der Waals surface area contributed by atoms with Crippen molar-refractivity contribution < 1.29 is 9.47 Å². The molecule has 136 valence electrons. The third-order valence-corrected chi connectivity index (χ3v) is 5.07. The highest BCUT2D eigenvalue weighted by Gasteiger charge is 2.11. The van der Waals surface area contributed by atoms with Gasteiger partial charge in [-0.3, -0.25) is 4.57 Å². The minimum absolute atomic E-state index is 0.585. The molecule has 0 aliphatic carbocycles. The van der Waals surface area contributed by atoms with Crippen molar-refractivity contribution in [3.8, 4) is 17.2 Å². The third-order valence-electron chi connectivity index (χ3n) is 4.17. The van der Waals surface area contributed by atoms with Gasteiger partial charge in [0.05, 0.1) is 19.4 Å². The number of rotatable bonds is 7. The standard InChI is InChI=1S/C21H19N3O2S/c1-25-20-9-5-4-8-19(20)24-15-22-23-21(24)27-13-12-26-18-11-10-16-6-2-3-7-17(16)14-18/h2-11,14-15H,12-13H2,1H3. The van der Waals surface area contributed by atoms with Gasteiger partial charge >= 0.3 is 0 Å². The minimum Gasteiger partial charge on any atom is -0.495 e. The van der Waals surface area contributed by atoms with E-state index in [0.29, 0.717) is 6.61 Å². The van der Waals surface area contributed by atoms with Crippen molar-refractivity contribution in [2.75, 3.05) is 19.5 Å². The Morgan fingerprint density at radius 2 is 1.78 bits per heavy atom. The number of methoxy groups -OCH3 is 1. The van der Waals surface area contributed by atoms with Crippen molar-refractivity contribution in [2.45, 2.75) is 5.16 Å². The normalized spacial score (nSPS) is 10.9. The number of nitrogens with zero attached hydrogens (tertiary/aromatic N) is 3. The molecular weight excluding hydrogens is 358 g/mol. The number of fused-ring (bicyclic) bond motifs is 1. The molecule has 0 spiro atoms. The Labute approximate surface area is 161 Å². The van der Waals surface area contributed by atoms with E-state index in [0.717, 1.165) is 28.1 Å². The Balaban J connectivity index is 1.39. The van der Waals surface area contributed by atoms with Crippen LogP contribution >= 0.6 is 11.8 Å². The summed E-state index contributed by atoms with van der Waals surface area (Å²) in [4.78, 5) is 0. The van der Waals surface area contributed by atoms with E-state index >= 15 is 0 Å². The molecule has 1 heterocycles. The molecule has 0 aliphatic heterocycles. The average Bonchev–Trinajstić information content (AvgIpc) is 3.19. The Morgan fingerprint density at radius 1 is 0.963 bits per heavy atom. The monoisotopic (exact) mass is 377 g/mol. The molecule has 0 saturated heterocycles. The predicted octanol–water partition coefficient (Wildman–Crippen LogP) is 4.60. The van der Waals surface area contributed by atoms with Crippen molar-refractivity contribution in [2.24, 2.45) is 0 Å². The average molecular weight is 377 g/mol. The lowest BCUT2D eigenvalue weighted by atomic mass is 10.1. The van der Waals surface area contributed by atoms with Gasteiger partial charge in [0.2, 0.25) is 0 Å². The minimum atomic E-state index is 0.585. The molecule has 3 aromatic carbocycles. The first kappa shape index (κ1) is 17.4. The maximum atomic E-state index is 5.90. The van der Waals surface area contributed by atoms with Gasteiger partial charge in [-0.05, 0) is 35.0 Å². The number of thioether (sulfide) groups is 1. The van der Waals surface area contributed by atoms with Gasteiger partial charge in [-0.15, -0.1) is 10.2 Å². The molecule has 0 aliphatic rings. The lowest BCUT2D eigenvalue weighted by Crippen LogP contribution is -2.03. The zero-order valence-electron chi connectivity index (χ0n) is 14.9. The molecule has 0 radical (unpaired) electrons. The quantitative estimate of drug-likeness (QED) is 0.348. The molecule has 4 aromatic rings. The molecule has 0 saturated carbocycles. The largest absolute Gasteiger partial charge is 0.495 e. The van der Waals surface area contributed by atoms with Crippen LogP contribution in [0.3, 0.4) is 0 Å². The van der Waals surface area contributed by atoms with Crippen LogP contribution in [-0.4, -0.2) is 34.2 Å². The van der Waals surface area contributed by atoms with E-state index in [4.69, 9.17) is 9.47 Å². The summed E-state index contributed by atoms with van der Waals surface area (Å²) in [6, 6.07) is 22.2. The van der Waals surface area contributed by atoms with Crippen LogP contribution in [0, 0.1) is 0 Å². The van der Waals surface area contributed by atoms with Crippen LogP contribution in [0.1, 0.15) is 0 Å². The Hall–Kier alpha value is -2.99. The first-order valence-electron chi connectivity index (χ1n) is 8.63. The molecule has 0 N–H and O–H groups in total. The number of ether oxygens (including phenoxy) is 2. The summed E-state index contributed by atoms with van der Waals surface area (Å²) in [6.45, 7) is 0.585. The smallest absolute Gasteiger partial charge is 0.195 e. The first-order chi connectivity index (χ1) is 13.3. The highest BCUT2D eigenvalue weighted by atomic mass is 32.2. The molecule has 6 heteroatoms. The van der Waals surface area contributed by atoms with Gasteiger partial charge < -0.3 is 9.47 Å². The van der Waals surface area contributed by atoms with Crippen LogP contribution in [0.25, 0.3) is 16.5 Å². The molecule has 1 aromatic heterocycles. The number of benzene rings is 3. The molecule has 0 unspecified atom stereocenters. The van der Waals surface area contributed by atoms with E-state index in [9.17, 15) is 0 Å². The second-order valence-electron chi connectivity index (χ2n) is 5.86. The fourth-order valence-corrected chi connectivity index (χ4v) is 3.61. The molecule has 27 heavy (non-hydrogen) atoms. The fourth-order valence-electron chi connectivity index (χ4n) is 2.87.